The number of para-hydroxylation sites is 3. The van der Waals surface area contributed by atoms with Crippen molar-refractivity contribution in [2.24, 2.45) is 0 Å². The first-order chi connectivity index (χ1) is 24.3. The van der Waals surface area contributed by atoms with Crippen molar-refractivity contribution in [1.82, 2.24) is 18.5 Å². The highest BCUT2D eigenvalue weighted by Crippen LogP contribution is 2.47. The lowest BCUT2D eigenvalue weighted by Crippen LogP contribution is -1.96. The molecule has 226 valence electrons. The monoisotopic (exact) mass is 622 g/mol. The molecule has 0 unspecified atom stereocenters. The summed E-state index contributed by atoms with van der Waals surface area (Å²) >= 11 is 0. The van der Waals surface area contributed by atoms with Gasteiger partial charge in [0, 0.05) is 60.7 Å². The van der Waals surface area contributed by atoms with Gasteiger partial charge in [-0.3, -0.25) is 4.98 Å². The van der Waals surface area contributed by atoms with E-state index in [-0.39, 0.29) is 0 Å². The summed E-state index contributed by atoms with van der Waals surface area (Å²) < 4.78 is 7.32. The highest BCUT2D eigenvalue weighted by atomic mass is 15.0. The molecular weight excluding hydrogens is 597 g/mol. The number of nitrogens with zero attached hydrogens (tertiary/aromatic N) is 4. The molecule has 7 aromatic carbocycles. The Kier molecular flexibility index (Phi) is 4.69. The third-order valence-corrected chi connectivity index (χ3v) is 10.8. The van der Waals surface area contributed by atoms with Crippen molar-refractivity contribution in [2.45, 2.75) is 0 Å². The summed E-state index contributed by atoms with van der Waals surface area (Å²) in [6.07, 6.45) is 3.89. The van der Waals surface area contributed by atoms with Crippen molar-refractivity contribution in [2.75, 3.05) is 0 Å². The van der Waals surface area contributed by atoms with E-state index in [9.17, 15) is 0 Å². The normalized spacial score (nSPS) is 12.5. The van der Waals surface area contributed by atoms with Crippen molar-refractivity contribution in [1.29, 1.82) is 0 Å². The van der Waals surface area contributed by atoms with Crippen LogP contribution in [-0.4, -0.2) is 18.5 Å². The van der Waals surface area contributed by atoms with Crippen molar-refractivity contribution >= 4 is 92.5 Å². The molecule has 0 bridgehead atoms. The summed E-state index contributed by atoms with van der Waals surface area (Å²) in [4.78, 5) is 4.54. The lowest BCUT2D eigenvalue weighted by atomic mass is 10.0. The summed E-state index contributed by atoms with van der Waals surface area (Å²) in [5.74, 6) is 0. The first-order valence-corrected chi connectivity index (χ1v) is 16.8. The molecule has 12 aromatic rings. The van der Waals surface area contributed by atoms with Gasteiger partial charge in [0.15, 0.2) is 0 Å². The molecular formula is C45H26N4. The van der Waals surface area contributed by atoms with Gasteiger partial charge in [0.05, 0.1) is 44.8 Å². The van der Waals surface area contributed by atoms with Gasteiger partial charge in [-0.2, -0.15) is 0 Å². The molecule has 0 spiro atoms. The Morgan fingerprint density at radius 2 is 1.06 bits per heavy atom. The van der Waals surface area contributed by atoms with Crippen LogP contribution in [0.4, 0.5) is 0 Å². The van der Waals surface area contributed by atoms with Crippen LogP contribution in [0.1, 0.15) is 0 Å². The van der Waals surface area contributed by atoms with Gasteiger partial charge in [-0.25, -0.2) is 0 Å². The Labute approximate surface area is 279 Å². The van der Waals surface area contributed by atoms with Gasteiger partial charge in [0.2, 0.25) is 0 Å². The summed E-state index contributed by atoms with van der Waals surface area (Å²) in [6.45, 7) is 0. The summed E-state index contributed by atoms with van der Waals surface area (Å²) in [7, 11) is 0. The van der Waals surface area contributed by atoms with Crippen molar-refractivity contribution in [3.63, 3.8) is 0 Å². The van der Waals surface area contributed by atoms with Crippen LogP contribution in [0.3, 0.4) is 0 Å². The Morgan fingerprint density at radius 3 is 1.92 bits per heavy atom. The zero-order chi connectivity index (χ0) is 31.8. The van der Waals surface area contributed by atoms with Crippen LogP contribution in [0.15, 0.2) is 158 Å². The van der Waals surface area contributed by atoms with E-state index in [1.165, 1.54) is 87.0 Å². The maximum absolute atomic E-state index is 4.54. The van der Waals surface area contributed by atoms with Crippen LogP contribution >= 0.6 is 0 Å². The van der Waals surface area contributed by atoms with Crippen LogP contribution < -0.4 is 0 Å². The van der Waals surface area contributed by atoms with Crippen LogP contribution in [0.5, 0.6) is 0 Å². The predicted octanol–water partition coefficient (Wildman–Crippen LogP) is 11.6. The molecule has 4 heteroatoms. The summed E-state index contributed by atoms with van der Waals surface area (Å²) in [5.41, 5.74) is 10.8. The quantitative estimate of drug-likeness (QED) is 0.188. The van der Waals surface area contributed by atoms with E-state index in [0.29, 0.717) is 0 Å². The molecule has 0 saturated carbocycles. The van der Waals surface area contributed by atoms with E-state index < -0.39 is 0 Å². The second kappa shape index (κ2) is 9.03. The Balaban J connectivity index is 1.30. The van der Waals surface area contributed by atoms with Crippen molar-refractivity contribution in [3.05, 3.63) is 158 Å². The first kappa shape index (κ1) is 25.4. The number of hydrogen-bond acceptors (Lipinski definition) is 1. The molecule has 0 fully saturated rings. The predicted molar refractivity (Wildman–Crippen MR) is 205 cm³/mol. The maximum atomic E-state index is 4.54. The topological polar surface area (TPSA) is 27.2 Å². The van der Waals surface area contributed by atoms with Crippen LogP contribution in [0, 0.1) is 0 Å². The van der Waals surface area contributed by atoms with Gasteiger partial charge in [-0.15, -0.1) is 0 Å². The third-order valence-electron chi connectivity index (χ3n) is 10.8. The maximum Gasteiger partial charge on any atom is 0.0724 e. The zero-order valence-corrected chi connectivity index (χ0v) is 26.3. The van der Waals surface area contributed by atoms with E-state index in [1.807, 2.05) is 12.4 Å². The van der Waals surface area contributed by atoms with Crippen LogP contribution in [-0.2, 0) is 0 Å². The van der Waals surface area contributed by atoms with Crippen LogP contribution in [0.25, 0.3) is 104 Å². The highest BCUT2D eigenvalue weighted by molar-refractivity contribution is 6.36. The average Bonchev–Trinajstić information content (AvgIpc) is 3.87. The second-order valence-corrected chi connectivity index (χ2v) is 13.2. The molecule has 0 amide bonds. The Bertz CT molecular complexity index is 3320. The van der Waals surface area contributed by atoms with Gasteiger partial charge in [0.25, 0.3) is 0 Å². The molecule has 49 heavy (non-hydrogen) atoms. The lowest BCUT2D eigenvalue weighted by molar-refractivity contribution is 1.16. The SMILES string of the molecule is c1ccc(-n2c3ccc(-n4c5cc6ccccc6cc5c5c6c7ccccc7n7c8ccccc8c(cc54)c67)cc3c3ccncc32)cc1. The number of pyridine rings is 1. The third kappa shape index (κ3) is 3.16. The molecule has 0 atom stereocenters. The van der Waals surface area contributed by atoms with E-state index in [2.05, 4.69) is 164 Å². The highest BCUT2D eigenvalue weighted by Gasteiger charge is 2.24. The van der Waals surface area contributed by atoms with Crippen molar-refractivity contribution in [3.8, 4) is 11.4 Å². The van der Waals surface area contributed by atoms with Crippen molar-refractivity contribution < 1.29 is 0 Å². The standard InChI is InChI=1S/C45H26N4/c1-2-12-29(13-3-1)47-39-19-18-30(24-34(39)32-20-21-46-26-42(32)47)48-40-23-28-11-5-4-10-27(28)22-36(40)43-41(48)25-35-31-14-6-8-16-37(31)49-38-17-9-7-15-33(38)44(43)45(35)49/h1-26H. The average molecular weight is 623 g/mol. The number of aromatic nitrogens is 4. The molecule has 12 rings (SSSR count). The molecule has 0 aliphatic rings. The fraction of sp³-hybridized carbons (Fsp3) is 0. The van der Waals surface area contributed by atoms with Gasteiger partial charge >= 0.3 is 0 Å². The minimum atomic E-state index is 1.10. The van der Waals surface area contributed by atoms with E-state index >= 15 is 0 Å². The minimum Gasteiger partial charge on any atom is -0.309 e. The number of hydrogen-bond donors (Lipinski definition) is 0. The Hall–Kier alpha value is -6.65. The lowest BCUT2D eigenvalue weighted by Gasteiger charge is -2.11. The molecule has 0 saturated heterocycles. The number of fused-ring (bicyclic) bond motifs is 14. The van der Waals surface area contributed by atoms with Gasteiger partial charge < -0.3 is 13.5 Å². The van der Waals surface area contributed by atoms with Gasteiger partial charge in [-0.1, -0.05) is 78.9 Å². The smallest absolute Gasteiger partial charge is 0.0724 e. The summed E-state index contributed by atoms with van der Waals surface area (Å²) in [5, 5.41) is 12.7. The largest absolute Gasteiger partial charge is 0.309 e. The molecule has 4 nitrogen and oxygen atoms in total. The Morgan fingerprint density at radius 1 is 0.367 bits per heavy atom. The van der Waals surface area contributed by atoms with Gasteiger partial charge in [-0.05, 0) is 77.5 Å². The number of rotatable bonds is 2. The zero-order valence-electron chi connectivity index (χ0n) is 26.3. The number of benzene rings is 7. The van der Waals surface area contributed by atoms with Crippen LogP contribution in [0.2, 0.25) is 0 Å². The molecule has 0 aliphatic carbocycles. The minimum absolute atomic E-state index is 1.10. The molecule has 5 heterocycles. The second-order valence-electron chi connectivity index (χ2n) is 13.2. The van der Waals surface area contributed by atoms with Gasteiger partial charge in [0.1, 0.15) is 0 Å². The first-order valence-electron chi connectivity index (χ1n) is 16.8. The molecule has 0 aliphatic heterocycles. The molecule has 0 radical (unpaired) electrons. The molecule has 0 N–H and O–H groups in total. The molecule has 5 aromatic heterocycles. The van der Waals surface area contributed by atoms with E-state index in [4.69, 9.17) is 0 Å². The fourth-order valence-electron chi connectivity index (χ4n) is 8.83. The van der Waals surface area contributed by atoms with E-state index in [1.54, 1.807) is 0 Å². The summed E-state index contributed by atoms with van der Waals surface area (Å²) in [6, 6.07) is 53.5. The fourth-order valence-corrected chi connectivity index (χ4v) is 8.83. The van der Waals surface area contributed by atoms with E-state index in [0.717, 1.165) is 16.9 Å².